The molecule has 2 aromatic heterocycles. The molecule has 0 radical (unpaired) electrons. The van der Waals surface area contributed by atoms with Crippen LogP contribution in [-0.4, -0.2) is 16.3 Å². The Labute approximate surface area is 115 Å². The highest BCUT2D eigenvalue weighted by molar-refractivity contribution is 9.13. The van der Waals surface area contributed by atoms with E-state index in [1.165, 1.54) is 4.88 Å². The predicted molar refractivity (Wildman–Crippen MR) is 73.7 cm³/mol. The van der Waals surface area contributed by atoms with Gasteiger partial charge in [-0.2, -0.15) is 5.10 Å². The van der Waals surface area contributed by atoms with Crippen LogP contribution in [0.4, 0.5) is 0 Å². The maximum Gasteiger partial charge on any atom is 0.0843 e. The van der Waals surface area contributed by atoms with Gasteiger partial charge in [0.25, 0.3) is 0 Å². The summed E-state index contributed by atoms with van der Waals surface area (Å²) in [6.07, 6.45) is 3.77. The van der Waals surface area contributed by atoms with Crippen LogP contribution in [0.25, 0.3) is 0 Å². The summed E-state index contributed by atoms with van der Waals surface area (Å²) in [5.74, 6) is 0. The third-order valence-corrected chi connectivity index (χ3v) is 5.33. The summed E-state index contributed by atoms with van der Waals surface area (Å²) in [6, 6.07) is 4.07. The smallest absolute Gasteiger partial charge is 0.0843 e. The van der Waals surface area contributed by atoms with Crippen molar-refractivity contribution in [3.8, 4) is 0 Å². The highest BCUT2D eigenvalue weighted by Crippen LogP contribution is 2.32. The van der Waals surface area contributed by atoms with Crippen molar-refractivity contribution in [1.29, 1.82) is 0 Å². The average molecular weight is 365 g/mol. The quantitative estimate of drug-likeness (QED) is 0.825. The van der Waals surface area contributed by atoms with E-state index in [4.69, 9.17) is 0 Å². The predicted octanol–water partition coefficient (Wildman–Crippen LogP) is 3.26. The molecule has 0 aliphatic heterocycles. The highest BCUT2D eigenvalue weighted by Gasteiger charge is 2.03. The number of nitrogens with one attached hydrogen (secondary N) is 1. The Bertz CT molecular complexity index is 419. The molecule has 2 heterocycles. The van der Waals surface area contributed by atoms with Crippen LogP contribution in [0, 0.1) is 0 Å². The van der Waals surface area contributed by atoms with E-state index in [1.54, 1.807) is 17.5 Å². The zero-order valence-corrected chi connectivity index (χ0v) is 12.5. The third-order valence-electron chi connectivity index (χ3n) is 2.07. The molecule has 0 spiro atoms. The van der Waals surface area contributed by atoms with Crippen molar-refractivity contribution in [2.45, 2.75) is 13.1 Å². The largest absolute Gasteiger partial charge is 0.310 e. The normalized spacial score (nSPS) is 10.9. The number of rotatable bonds is 5. The van der Waals surface area contributed by atoms with E-state index in [9.17, 15) is 0 Å². The Morgan fingerprint density at radius 1 is 1.44 bits per heavy atom. The summed E-state index contributed by atoms with van der Waals surface area (Å²) in [4.78, 5) is 1.32. The first kappa shape index (κ1) is 12.3. The fourth-order valence-corrected chi connectivity index (χ4v) is 3.46. The van der Waals surface area contributed by atoms with E-state index >= 15 is 0 Å². The lowest BCUT2D eigenvalue weighted by Crippen LogP contribution is -2.19. The van der Waals surface area contributed by atoms with Gasteiger partial charge >= 0.3 is 0 Å². The van der Waals surface area contributed by atoms with Gasteiger partial charge in [-0.15, -0.1) is 11.3 Å². The maximum absolute atomic E-state index is 4.14. The number of hydrogen-bond donors (Lipinski definition) is 1. The van der Waals surface area contributed by atoms with Crippen molar-refractivity contribution < 1.29 is 0 Å². The Morgan fingerprint density at radius 3 is 2.94 bits per heavy atom. The minimum Gasteiger partial charge on any atom is -0.310 e. The lowest BCUT2D eigenvalue weighted by molar-refractivity contribution is 0.557. The summed E-state index contributed by atoms with van der Waals surface area (Å²) in [5.41, 5.74) is 0. The second kappa shape index (κ2) is 5.95. The fraction of sp³-hybridized carbons (Fsp3) is 0.300. The van der Waals surface area contributed by atoms with Gasteiger partial charge in [-0.25, -0.2) is 0 Å². The monoisotopic (exact) mass is 363 g/mol. The Morgan fingerprint density at radius 2 is 2.31 bits per heavy atom. The van der Waals surface area contributed by atoms with Crippen molar-refractivity contribution >= 4 is 43.2 Å². The van der Waals surface area contributed by atoms with Crippen LogP contribution in [0.1, 0.15) is 4.88 Å². The molecule has 1 N–H and O–H groups in total. The summed E-state index contributed by atoms with van der Waals surface area (Å²) < 4.78 is 4.20. The Balaban J connectivity index is 1.72. The molecule has 2 aromatic rings. The lowest BCUT2D eigenvalue weighted by atomic mass is 10.4. The second-order valence-electron chi connectivity index (χ2n) is 3.28. The van der Waals surface area contributed by atoms with Crippen molar-refractivity contribution in [2.24, 2.45) is 0 Å². The minimum absolute atomic E-state index is 0.899. The highest BCUT2D eigenvalue weighted by atomic mass is 79.9. The van der Waals surface area contributed by atoms with E-state index < -0.39 is 0 Å². The lowest BCUT2D eigenvalue weighted by Gasteiger charge is -2.02. The molecule has 0 bridgehead atoms. The van der Waals surface area contributed by atoms with Gasteiger partial charge in [0.2, 0.25) is 0 Å². The van der Waals surface area contributed by atoms with Crippen LogP contribution in [0.3, 0.4) is 0 Å². The SMILES string of the molecule is Brc1cc(CNCCn2cccn2)sc1Br. The molecule has 3 nitrogen and oxygen atoms in total. The Hall–Kier alpha value is -0.170. The molecule has 0 fully saturated rings. The van der Waals surface area contributed by atoms with Crippen LogP contribution in [0.5, 0.6) is 0 Å². The molecule has 6 heteroatoms. The van der Waals surface area contributed by atoms with Crippen molar-refractivity contribution in [2.75, 3.05) is 6.54 Å². The van der Waals surface area contributed by atoms with Crippen molar-refractivity contribution in [1.82, 2.24) is 15.1 Å². The van der Waals surface area contributed by atoms with Gasteiger partial charge in [0, 0.05) is 34.8 Å². The molecule has 0 aliphatic carbocycles. The second-order valence-corrected chi connectivity index (χ2v) is 6.59. The van der Waals surface area contributed by atoms with Gasteiger partial charge < -0.3 is 5.32 Å². The molecular weight excluding hydrogens is 354 g/mol. The fourth-order valence-electron chi connectivity index (χ4n) is 1.32. The van der Waals surface area contributed by atoms with Gasteiger partial charge in [-0.3, -0.25) is 4.68 Å². The summed E-state index contributed by atoms with van der Waals surface area (Å²) in [7, 11) is 0. The number of thiophene rings is 1. The van der Waals surface area contributed by atoms with Gasteiger partial charge in [0.1, 0.15) is 0 Å². The van der Waals surface area contributed by atoms with Crippen molar-refractivity contribution in [3.05, 3.63) is 37.7 Å². The summed E-state index contributed by atoms with van der Waals surface area (Å²) in [6.45, 7) is 2.73. The maximum atomic E-state index is 4.14. The topological polar surface area (TPSA) is 29.9 Å². The standard InChI is InChI=1S/C10H11Br2N3S/c11-9-6-8(16-10(9)12)7-13-3-5-15-4-1-2-14-15/h1-2,4,6,13H,3,5,7H2. The van der Waals surface area contributed by atoms with E-state index in [1.807, 2.05) is 16.9 Å². The van der Waals surface area contributed by atoms with E-state index in [0.29, 0.717) is 0 Å². The summed E-state index contributed by atoms with van der Waals surface area (Å²) >= 11 is 8.71. The third kappa shape index (κ3) is 3.41. The molecule has 86 valence electrons. The molecule has 0 saturated heterocycles. The van der Waals surface area contributed by atoms with Crippen LogP contribution in [0.15, 0.2) is 32.8 Å². The first-order valence-corrected chi connectivity index (χ1v) is 7.28. The van der Waals surface area contributed by atoms with E-state index in [-0.39, 0.29) is 0 Å². The van der Waals surface area contributed by atoms with Crippen LogP contribution in [-0.2, 0) is 13.1 Å². The molecular formula is C10H11Br2N3S. The Kier molecular flexibility index (Phi) is 4.57. The number of aromatic nitrogens is 2. The molecule has 0 amide bonds. The molecule has 2 rings (SSSR count). The van der Waals surface area contributed by atoms with Gasteiger partial charge in [-0.1, -0.05) is 0 Å². The van der Waals surface area contributed by atoms with E-state index in [2.05, 4.69) is 48.3 Å². The summed E-state index contributed by atoms with van der Waals surface area (Å²) in [5, 5.41) is 7.53. The average Bonchev–Trinajstić information content (AvgIpc) is 2.85. The molecule has 16 heavy (non-hydrogen) atoms. The van der Waals surface area contributed by atoms with Gasteiger partial charge in [0.05, 0.1) is 10.3 Å². The molecule has 0 aromatic carbocycles. The number of nitrogens with zero attached hydrogens (tertiary/aromatic N) is 2. The molecule has 0 unspecified atom stereocenters. The van der Waals surface area contributed by atoms with Crippen LogP contribution in [0.2, 0.25) is 0 Å². The van der Waals surface area contributed by atoms with E-state index in [0.717, 1.165) is 27.9 Å². The molecule has 0 aliphatic rings. The zero-order chi connectivity index (χ0) is 11.4. The van der Waals surface area contributed by atoms with Gasteiger partial charge in [-0.05, 0) is 44.0 Å². The van der Waals surface area contributed by atoms with Gasteiger partial charge in [0.15, 0.2) is 0 Å². The number of hydrogen-bond acceptors (Lipinski definition) is 3. The first-order chi connectivity index (χ1) is 7.75. The van der Waals surface area contributed by atoms with Crippen LogP contribution >= 0.6 is 43.2 Å². The molecule has 0 atom stereocenters. The zero-order valence-electron chi connectivity index (χ0n) is 8.49. The molecule has 0 saturated carbocycles. The van der Waals surface area contributed by atoms with Crippen molar-refractivity contribution in [3.63, 3.8) is 0 Å². The number of halogens is 2. The van der Waals surface area contributed by atoms with Crippen LogP contribution < -0.4 is 5.32 Å². The minimum atomic E-state index is 0.899. The first-order valence-electron chi connectivity index (χ1n) is 4.87.